The average molecular weight is 1200 g/mol. The van der Waals surface area contributed by atoms with Gasteiger partial charge in [0, 0.05) is 48.3 Å². The van der Waals surface area contributed by atoms with Gasteiger partial charge in [-0.25, -0.2) is 9.07 Å². The lowest BCUT2D eigenvalue weighted by atomic mass is 9.94. The van der Waals surface area contributed by atoms with E-state index in [0.717, 1.165) is 10.6 Å². The molecule has 1 fully saturated rings. The van der Waals surface area contributed by atoms with Gasteiger partial charge in [-0.1, -0.05) is 55.5 Å². The number of aliphatic hydroxyl groups is 2. The van der Waals surface area contributed by atoms with Crippen LogP contribution in [-0.4, -0.2) is 173 Å². The van der Waals surface area contributed by atoms with Crippen LogP contribution < -0.4 is 20.7 Å². The summed E-state index contributed by atoms with van der Waals surface area (Å²) in [5, 5.41) is 47.5. The highest BCUT2D eigenvalue weighted by atomic mass is 19.1. The first-order valence-electron chi connectivity index (χ1n) is 29.2. The summed E-state index contributed by atoms with van der Waals surface area (Å²) in [6.07, 6.45) is 0.375. The lowest BCUT2D eigenvalue weighted by Crippen LogP contribution is -2.54. The van der Waals surface area contributed by atoms with Gasteiger partial charge in [-0.15, -0.1) is 5.10 Å². The number of anilines is 2. The molecule has 0 aliphatic carbocycles. The van der Waals surface area contributed by atoms with Gasteiger partial charge < -0.3 is 58.9 Å². The Morgan fingerprint density at radius 3 is 2.10 bits per heavy atom. The fraction of sp³-hybridized carbons (Fsp3) is 0.429. The number of nitrogens with zero attached hydrogens (tertiary/aromatic N) is 5. The molecule has 6 N–H and O–H groups in total. The number of rotatable bonds is 37. The van der Waals surface area contributed by atoms with Crippen molar-refractivity contribution in [2.45, 2.75) is 96.1 Å². The zero-order valence-corrected chi connectivity index (χ0v) is 48.8. The van der Waals surface area contributed by atoms with Crippen LogP contribution in [0.1, 0.15) is 101 Å². The molecule has 4 aromatic carbocycles. The molecule has 1 unspecified atom stereocenters. The van der Waals surface area contributed by atoms with E-state index >= 15 is 0 Å². The summed E-state index contributed by atoms with van der Waals surface area (Å²) >= 11 is 0. The van der Waals surface area contributed by atoms with Crippen molar-refractivity contribution >= 4 is 46.9 Å². The van der Waals surface area contributed by atoms with Gasteiger partial charge >= 0.3 is 5.97 Å². The fourth-order valence-corrected chi connectivity index (χ4v) is 10.4. The molecule has 5 amide bonds. The number of ether oxygens (including phenoxy) is 6. The number of carbonyl (C=O) groups is 6. The maximum atomic E-state index is 14.7. The third-order valence-corrected chi connectivity index (χ3v) is 14.4. The number of halogens is 1. The molecule has 2 aliphatic heterocycles. The van der Waals surface area contributed by atoms with Gasteiger partial charge in [0.05, 0.1) is 126 Å². The zero-order chi connectivity index (χ0) is 61.7. The minimum absolute atomic E-state index is 0.0461. The molecule has 8 rings (SSSR count). The Balaban J connectivity index is 0.718. The SMILES string of the molecule is CC(C)c1c(C(=O)Nc2ccccc2)c(-c2cccc(OCCCc3cn(CCOCCOCCOCCOCCOCCNc4cccc5c4C(=O)N(C4CCC(=O)NC4=O)C5=O)nn3)c2)c(-c2ccc(F)cc2)n1CC[C@@H](O)C[C@@H](O)CC(=O)O. The second kappa shape index (κ2) is 32.5. The molecule has 0 bridgehead atoms. The number of amides is 5. The molecule has 6 aromatic rings. The highest BCUT2D eigenvalue weighted by Crippen LogP contribution is 2.44. The smallest absolute Gasteiger partial charge is 0.305 e. The highest BCUT2D eigenvalue weighted by Gasteiger charge is 2.45. The zero-order valence-electron chi connectivity index (χ0n) is 48.8. The van der Waals surface area contributed by atoms with Crippen molar-refractivity contribution in [3.05, 3.63) is 137 Å². The molecule has 24 heteroatoms. The number of aliphatic hydroxyl groups excluding tert-OH is 2. The highest BCUT2D eigenvalue weighted by molar-refractivity contribution is 6.25. The van der Waals surface area contributed by atoms with Crippen LogP contribution in [0.4, 0.5) is 15.8 Å². The van der Waals surface area contributed by atoms with E-state index in [4.69, 9.17) is 28.4 Å². The number of piperidine rings is 1. The second-order valence-corrected chi connectivity index (χ2v) is 21.2. The summed E-state index contributed by atoms with van der Waals surface area (Å²) in [4.78, 5) is 77.2. The summed E-state index contributed by atoms with van der Waals surface area (Å²) in [6.45, 7) is 9.04. The Morgan fingerprint density at radius 1 is 0.747 bits per heavy atom. The van der Waals surface area contributed by atoms with Crippen LogP contribution in [0.5, 0.6) is 5.75 Å². The second-order valence-electron chi connectivity index (χ2n) is 21.2. The van der Waals surface area contributed by atoms with E-state index < -0.39 is 60.1 Å². The van der Waals surface area contributed by atoms with Gasteiger partial charge in [-0.05, 0) is 110 Å². The molecule has 1 saturated heterocycles. The van der Waals surface area contributed by atoms with Crippen LogP contribution in [0.15, 0.2) is 103 Å². The number of carboxylic acid groups (broad SMARTS) is 1. The van der Waals surface area contributed by atoms with Gasteiger partial charge in [0.25, 0.3) is 17.7 Å². The maximum Gasteiger partial charge on any atom is 0.305 e. The number of para-hydroxylation sites is 1. The van der Waals surface area contributed by atoms with Crippen molar-refractivity contribution in [3.63, 3.8) is 0 Å². The van der Waals surface area contributed by atoms with E-state index in [9.17, 15) is 48.5 Å². The van der Waals surface area contributed by atoms with Crippen LogP contribution in [0.25, 0.3) is 22.4 Å². The average Bonchev–Trinajstić information content (AvgIpc) is 1.66. The van der Waals surface area contributed by atoms with Gasteiger partial charge in [0.15, 0.2) is 0 Å². The fourth-order valence-electron chi connectivity index (χ4n) is 10.4. The quantitative estimate of drug-likeness (QED) is 0.0179. The van der Waals surface area contributed by atoms with Crippen molar-refractivity contribution < 1.29 is 76.9 Å². The minimum Gasteiger partial charge on any atom is -0.494 e. The molecule has 2 aliphatic rings. The van der Waals surface area contributed by atoms with Gasteiger partial charge in [-0.2, -0.15) is 0 Å². The third-order valence-electron chi connectivity index (χ3n) is 14.4. The molecule has 3 atom stereocenters. The Labute approximate surface area is 503 Å². The molecule has 23 nitrogen and oxygen atoms in total. The van der Waals surface area contributed by atoms with E-state index in [2.05, 4.69) is 26.3 Å². The number of aryl methyl sites for hydroxylation is 1. The monoisotopic (exact) mass is 1200 g/mol. The number of nitrogens with one attached hydrogen (secondary N) is 3. The number of carbonyl (C=O) groups excluding carboxylic acids is 5. The summed E-state index contributed by atoms with van der Waals surface area (Å²) in [6, 6.07) is 26.3. The molecule has 464 valence electrons. The summed E-state index contributed by atoms with van der Waals surface area (Å²) < 4.78 is 52.7. The van der Waals surface area contributed by atoms with Crippen LogP contribution in [-0.2, 0) is 57.6 Å². The molecule has 0 radical (unpaired) electrons. The summed E-state index contributed by atoms with van der Waals surface area (Å²) in [5.41, 5.74) is 5.76. The van der Waals surface area contributed by atoms with Gasteiger partial charge in [0.2, 0.25) is 11.8 Å². The van der Waals surface area contributed by atoms with Crippen molar-refractivity contribution in [1.82, 2.24) is 29.8 Å². The first-order chi connectivity index (χ1) is 42.2. The minimum atomic E-state index is -1.25. The molecule has 4 heterocycles. The lowest BCUT2D eigenvalue weighted by molar-refractivity contribution is -0.140. The predicted molar refractivity (Wildman–Crippen MR) is 317 cm³/mol. The molecule has 2 aromatic heterocycles. The topological polar surface area (TPSA) is 293 Å². The number of imide groups is 2. The van der Waals surface area contributed by atoms with Crippen LogP contribution in [0.3, 0.4) is 0 Å². The summed E-state index contributed by atoms with van der Waals surface area (Å²) in [7, 11) is 0. The van der Waals surface area contributed by atoms with E-state index in [1.165, 1.54) is 12.1 Å². The van der Waals surface area contributed by atoms with E-state index in [1.807, 2.05) is 67.1 Å². The maximum absolute atomic E-state index is 14.7. The largest absolute Gasteiger partial charge is 0.494 e. The van der Waals surface area contributed by atoms with E-state index in [0.29, 0.717) is 149 Å². The molecule has 87 heavy (non-hydrogen) atoms. The summed E-state index contributed by atoms with van der Waals surface area (Å²) in [5.74, 6) is -3.89. The first kappa shape index (κ1) is 64.8. The van der Waals surface area contributed by atoms with Crippen molar-refractivity contribution in [3.8, 4) is 28.1 Å². The van der Waals surface area contributed by atoms with Crippen LogP contribution >= 0.6 is 0 Å². The van der Waals surface area contributed by atoms with Gasteiger partial charge in [-0.3, -0.25) is 39.0 Å². The number of aliphatic carboxylic acids is 1. The molecular weight excluding hydrogens is 1130 g/mol. The molecular formula is C63H75FN8O15. The Hall–Kier alpha value is -8.23. The normalized spacial score (nSPS) is 14.8. The van der Waals surface area contributed by atoms with Crippen molar-refractivity contribution in [2.75, 3.05) is 89.9 Å². The number of fused-ring (bicyclic) bond motifs is 1. The lowest BCUT2D eigenvalue weighted by Gasteiger charge is -2.27. The Bertz CT molecular complexity index is 3280. The molecule has 0 spiro atoms. The van der Waals surface area contributed by atoms with Gasteiger partial charge in [0.1, 0.15) is 17.6 Å². The predicted octanol–water partition coefficient (Wildman–Crippen LogP) is 6.51. The van der Waals surface area contributed by atoms with E-state index in [-0.39, 0.29) is 55.2 Å². The Morgan fingerprint density at radius 2 is 1.43 bits per heavy atom. The molecule has 0 saturated carbocycles. The van der Waals surface area contributed by atoms with E-state index in [1.54, 1.807) is 47.1 Å². The number of carboxylic acids is 1. The van der Waals surface area contributed by atoms with Crippen molar-refractivity contribution in [2.24, 2.45) is 0 Å². The number of hydrogen-bond donors (Lipinski definition) is 6. The van der Waals surface area contributed by atoms with Crippen LogP contribution in [0.2, 0.25) is 0 Å². The van der Waals surface area contributed by atoms with Crippen molar-refractivity contribution in [1.29, 1.82) is 0 Å². The first-order valence-corrected chi connectivity index (χ1v) is 29.2. The Kier molecular flexibility index (Phi) is 24.2. The number of aromatic nitrogens is 4. The standard InChI is InChI=1S/C63H75FN8O15/c1-41(2)58-57(61(79)66-45-10-4-3-5-11-45)55(59(42-16-18-44(64)19-17-42)71(58)24-22-47(73)38-48(74)39-54(76)77)43-9-6-13-49(37-43)87-26-8-12-46-40-70(69-68-46)25-28-83-30-32-85-34-36-86-35-33-84-31-29-82-27-23-65-51-15-7-14-50-56(51)63(81)72(62(50)80)52-20-21-53(75)67-60(52)78/h3-7,9-11,13-19,37,40-41,47-48,52,65,73-74H,8,12,20-36,38-39H2,1-2H3,(H,66,79)(H,76,77)(H,67,75,78)/t47-,48-,52?/m1/s1. The number of hydrogen-bond acceptors (Lipinski definition) is 17. The number of benzene rings is 4. The van der Waals surface area contributed by atoms with Crippen LogP contribution in [0, 0.1) is 5.82 Å². The third kappa shape index (κ3) is 18.2.